The molecule has 2 heteroatoms. The Bertz CT molecular complexity index is 1050. The van der Waals surface area contributed by atoms with Gasteiger partial charge in [-0.05, 0) is 53.9 Å². The minimum atomic E-state index is -3.20. The van der Waals surface area contributed by atoms with Crippen molar-refractivity contribution in [3.05, 3.63) is 52.5 Å². The van der Waals surface area contributed by atoms with Crippen molar-refractivity contribution in [1.29, 1.82) is 0 Å². The van der Waals surface area contributed by atoms with Gasteiger partial charge in [0.2, 0.25) is 5.69 Å². The van der Waals surface area contributed by atoms with E-state index in [2.05, 4.69) is 0 Å². The topological polar surface area (TPSA) is 3.88 Å². The molecule has 1 heterocycles. The van der Waals surface area contributed by atoms with Crippen molar-refractivity contribution in [2.24, 2.45) is 7.05 Å². The zero-order valence-corrected chi connectivity index (χ0v) is 14.1. The fraction of sp³-hybridized carbons (Fsp3) is 0.476. The van der Waals surface area contributed by atoms with E-state index in [4.69, 9.17) is 13.7 Å². The van der Waals surface area contributed by atoms with Crippen molar-refractivity contribution in [2.75, 3.05) is 0 Å². The summed E-state index contributed by atoms with van der Waals surface area (Å²) in [4.78, 5) is 0. The van der Waals surface area contributed by atoms with Crippen LogP contribution in [-0.2, 0) is 12.5 Å². The highest BCUT2D eigenvalue weighted by Crippen LogP contribution is 2.33. The predicted octanol–water partition coefficient (Wildman–Crippen LogP) is 5.35. The molecule has 0 fully saturated rings. The van der Waals surface area contributed by atoms with E-state index in [0.717, 1.165) is 6.07 Å². The Hall–Kier alpha value is -1.70. The van der Waals surface area contributed by atoms with E-state index in [1.165, 1.54) is 12.1 Å². The molecule has 0 N–H and O–H groups in total. The monoisotopic (exact) mass is 324 g/mol. The first-order valence-corrected chi connectivity index (χ1v) is 7.39. The van der Waals surface area contributed by atoms with Gasteiger partial charge in [0.05, 0.1) is 0 Å². The molecule has 0 aliphatic rings. The summed E-state index contributed by atoms with van der Waals surface area (Å²) in [6, 6.07) is 3.57. The molecule has 0 atom stereocenters. The lowest BCUT2D eigenvalue weighted by atomic mass is 9.81. The van der Waals surface area contributed by atoms with E-state index in [1.807, 2.05) is 0 Å². The van der Waals surface area contributed by atoms with Crippen LogP contribution in [0.1, 0.15) is 76.3 Å². The molecule has 2 rings (SSSR count). The molecule has 1 nitrogen and oxygen atoms in total. The molecule has 1 aromatic heterocycles. The van der Waals surface area contributed by atoms with Gasteiger partial charge >= 0.3 is 0 Å². The zero-order valence-electron chi connectivity index (χ0n) is 24.1. The third-order valence-electron chi connectivity index (χ3n) is 3.94. The molecule has 23 heavy (non-hydrogen) atoms. The van der Waals surface area contributed by atoms with Gasteiger partial charge in [0.25, 0.3) is 0 Å². The summed E-state index contributed by atoms with van der Waals surface area (Å²) >= 11 is 0. The van der Waals surface area contributed by atoms with Crippen LogP contribution in [0.3, 0.4) is 0 Å². The lowest BCUT2D eigenvalue weighted by molar-refractivity contribution is -0.661. The van der Waals surface area contributed by atoms with Crippen molar-refractivity contribution >= 4 is 0 Å². The maximum atomic E-state index is 14.4. The molecule has 0 saturated carbocycles. The summed E-state index contributed by atoms with van der Waals surface area (Å²) in [6.45, 7) is -2.22. The molecule has 124 valence electrons. The minimum absolute atomic E-state index is 0.206. The van der Waals surface area contributed by atoms with E-state index in [9.17, 15) is 4.39 Å². The summed E-state index contributed by atoms with van der Waals surface area (Å²) < 4.78 is 95.3. The van der Waals surface area contributed by atoms with Crippen LogP contribution in [0, 0.1) is 19.6 Å². The quantitative estimate of drug-likeness (QED) is 0.655. The maximum Gasteiger partial charge on any atom is 0.212 e. The molecule has 0 aliphatic carbocycles. The van der Waals surface area contributed by atoms with Crippen LogP contribution >= 0.6 is 0 Å². The fourth-order valence-corrected chi connectivity index (χ4v) is 2.67. The Morgan fingerprint density at radius 1 is 1.17 bits per heavy atom. The first-order chi connectivity index (χ1) is 14.5. The smallest absolute Gasteiger partial charge is 0.207 e. The number of aryl methyl sites for hydroxylation is 3. The lowest BCUT2D eigenvalue weighted by Crippen LogP contribution is -2.34. The number of rotatable bonds is 2. The largest absolute Gasteiger partial charge is 0.212 e. The number of aromatic nitrogens is 1. The Morgan fingerprint density at radius 3 is 2.43 bits per heavy atom. The maximum absolute atomic E-state index is 14.4. The summed E-state index contributed by atoms with van der Waals surface area (Å²) in [7, 11) is 1.64. The number of nitrogens with zero attached hydrogens (tertiary/aromatic N) is 1. The van der Waals surface area contributed by atoms with Crippen LogP contribution < -0.4 is 4.57 Å². The van der Waals surface area contributed by atoms with Crippen LogP contribution in [0.15, 0.2) is 24.4 Å². The van der Waals surface area contributed by atoms with Crippen LogP contribution in [0.4, 0.5) is 4.39 Å². The molecule has 2 aromatic rings. The van der Waals surface area contributed by atoms with Gasteiger partial charge in [0, 0.05) is 30.9 Å². The normalized spacial score (nSPS) is 20.6. The zero-order chi connectivity index (χ0) is 25.9. The fourth-order valence-electron chi connectivity index (χ4n) is 2.67. The van der Waals surface area contributed by atoms with Crippen LogP contribution in [0.5, 0.6) is 0 Å². The molecular formula is C21H29FN+. The van der Waals surface area contributed by atoms with Gasteiger partial charge in [-0.2, -0.15) is 0 Å². The van der Waals surface area contributed by atoms with Gasteiger partial charge in [-0.1, -0.05) is 34.5 Å². The summed E-state index contributed by atoms with van der Waals surface area (Å²) in [5, 5.41) is 0. The molecular weight excluding hydrogens is 285 g/mol. The molecule has 0 spiro atoms. The molecule has 0 bridgehead atoms. The number of halogens is 1. The highest BCUT2D eigenvalue weighted by Gasteiger charge is 2.26. The second-order valence-electron chi connectivity index (χ2n) is 6.87. The third kappa shape index (κ3) is 3.46. The van der Waals surface area contributed by atoms with Crippen LogP contribution in [-0.4, -0.2) is 0 Å². The number of hydrogen-bond acceptors (Lipinski definition) is 0. The van der Waals surface area contributed by atoms with Crippen LogP contribution in [0.2, 0.25) is 0 Å². The predicted molar refractivity (Wildman–Crippen MR) is 95.3 cm³/mol. The van der Waals surface area contributed by atoms with Gasteiger partial charge in [-0.25, -0.2) is 8.96 Å². The molecule has 0 saturated heterocycles. The molecule has 0 amide bonds. The van der Waals surface area contributed by atoms with E-state index >= 15 is 0 Å². The highest BCUT2D eigenvalue weighted by molar-refractivity contribution is 5.63. The van der Waals surface area contributed by atoms with Gasteiger partial charge in [0.1, 0.15) is 12.9 Å². The van der Waals surface area contributed by atoms with E-state index in [-0.39, 0.29) is 11.3 Å². The standard InChI is InChI=1S/C21H29FN/c1-13(2)16-11-20(23(8)12-18(16)21(5,6)7)17-9-15(4)19(22)10-14(17)3/h9-13H,1-8H3/q+1/i1D3,2D3,4D3,13D. The van der Waals surface area contributed by atoms with Crippen molar-refractivity contribution in [3.8, 4) is 11.3 Å². The first kappa shape index (κ1) is 8.41. The van der Waals surface area contributed by atoms with Crippen molar-refractivity contribution < 1.29 is 22.7 Å². The second-order valence-corrected chi connectivity index (χ2v) is 6.87. The van der Waals surface area contributed by atoms with Crippen molar-refractivity contribution in [1.82, 2.24) is 0 Å². The number of benzene rings is 1. The first-order valence-electron chi connectivity index (χ1n) is 12.4. The Balaban J connectivity index is 3.06. The Kier molecular flexibility index (Phi) is 2.22. The van der Waals surface area contributed by atoms with Gasteiger partial charge in [-0.3, -0.25) is 0 Å². The molecule has 0 aliphatic heterocycles. The number of pyridine rings is 1. The SMILES string of the molecule is [2H]C([2H])([2H])c1cc(-c2cc(C([2H])(C([2H])([2H])[2H])C([2H])([2H])[2H])c(C(C)(C)C)c[n+]2C)c(C)cc1F. The van der Waals surface area contributed by atoms with Gasteiger partial charge in [-0.15, -0.1) is 0 Å². The van der Waals surface area contributed by atoms with Crippen molar-refractivity contribution in [2.45, 2.75) is 59.6 Å². The summed E-state index contributed by atoms with van der Waals surface area (Å²) in [5.41, 5.74) is -0.126. The summed E-state index contributed by atoms with van der Waals surface area (Å²) in [6.07, 6.45) is 1.56. The van der Waals surface area contributed by atoms with Crippen LogP contribution in [0.25, 0.3) is 11.3 Å². The van der Waals surface area contributed by atoms with E-state index < -0.39 is 43.2 Å². The second kappa shape index (κ2) is 6.07. The third-order valence-corrected chi connectivity index (χ3v) is 3.94. The van der Waals surface area contributed by atoms with E-state index in [0.29, 0.717) is 16.7 Å². The minimum Gasteiger partial charge on any atom is -0.207 e. The Morgan fingerprint density at radius 2 is 1.87 bits per heavy atom. The Labute approximate surface area is 154 Å². The highest BCUT2D eigenvalue weighted by atomic mass is 19.1. The lowest BCUT2D eigenvalue weighted by Gasteiger charge is -2.24. The molecule has 1 aromatic carbocycles. The van der Waals surface area contributed by atoms with Crippen molar-refractivity contribution in [3.63, 3.8) is 0 Å². The van der Waals surface area contributed by atoms with Gasteiger partial charge < -0.3 is 0 Å². The molecule has 0 unspecified atom stereocenters. The average molecular weight is 325 g/mol. The van der Waals surface area contributed by atoms with E-state index in [1.54, 1.807) is 45.5 Å². The summed E-state index contributed by atoms with van der Waals surface area (Å²) in [5.74, 6) is -3.85. The van der Waals surface area contributed by atoms with Gasteiger partial charge in [0.15, 0.2) is 6.20 Å². The average Bonchev–Trinajstić information content (AvgIpc) is 2.57. The number of hydrogen-bond donors (Lipinski definition) is 0. The molecule has 0 radical (unpaired) electrons.